The summed E-state index contributed by atoms with van der Waals surface area (Å²) in [4.78, 5) is 139. The zero-order valence-electron chi connectivity index (χ0n) is 68.4. The van der Waals surface area contributed by atoms with Gasteiger partial charge in [0.25, 0.3) is 0 Å². The number of H-pyrrole nitrogens is 11. The van der Waals surface area contributed by atoms with E-state index in [0.29, 0.717) is 36.8 Å². The molecule has 22 nitrogen and oxygen atoms in total. The number of ketones is 7. The molecule has 0 aliphatic heterocycles. The zero-order valence-corrected chi connectivity index (χ0v) is 71.6. The lowest BCUT2D eigenvalue weighted by atomic mass is 9.81. The van der Waals surface area contributed by atoms with Gasteiger partial charge in [0.2, 0.25) is 0 Å². The molecule has 630 valence electrons. The highest BCUT2D eigenvalue weighted by atomic mass is 32.1. The smallest absolute Gasteiger partial charge is 0.189 e. The fourth-order valence-corrected chi connectivity index (χ4v) is 17.8. The van der Waals surface area contributed by atoms with E-state index in [2.05, 4.69) is 75.8 Å². The molecule has 0 saturated carbocycles. The minimum Gasteiger partial charge on any atom is -0.348 e. The van der Waals surface area contributed by atoms with E-state index in [1.54, 1.807) is 25.0 Å². The fraction of sp³-hybridized carbons (Fsp3) is 0.255. The number of imidazole rings is 7. The first kappa shape index (κ1) is 87.3. The predicted octanol–water partition coefficient (Wildman–Crippen LogP) is 19.7. The number of nitrogens with zero attached hydrogens (tertiary/aromatic N) is 3. The van der Waals surface area contributed by atoms with Crippen LogP contribution in [0.25, 0.3) is 6.08 Å². The van der Waals surface area contributed by atoms with E-state index in [1.165, 1.54) is 45.9 Å². The maximum absolute atomic E-state index is 12.4. The number of benzene rings is 7. The number of carbonyl (C=O) groups excluding carboxylic acids is 8. The van der Waals surface area contributed by atoms with Crippen LogP contribution in [0.15, 0.2) is 238 Å². The molecular formula is C98H96N14O8S4. The van der Waals surface area contributed by atoms with Gasteiger partial charge in [-0.25, -0.2) is 15.0 Å². The average molecular weight is 1730 g/mol. The monoisotopic (exact) mass is 1720 g/mol. The number of aromatic amines is 11. The Balaban J connectivity index is 0.000000117. The van der Waals surface area contributed by atoms with Gasteiger partial charge in [-0.3, -0.25) is 38.4 Å². The molecule has 14 aromatic rings. The molecule has 5 atom stereocenters. The summed E-state index contributed by atoms with van der Waals surface area (Å²) in [5.74, 6) is 2.16. The maximum atomic E-state index is 12.4. The summed E-state index contributed by atoms with van der Waals surface area (Å²) in [5.41, 5.74) is 21.9. The summed E-state index contributed by atoms with van der Waals surface area (Å²) >= 11 is 20.0. The van der Waals surface area contributed by atoms with Crippen LogP contribution in [0.1, 0.15) is 207 Å². The molecule has 11 N–H and O–H groups in total. The highest BCUT2D eigenvalue weighted by Gasteiger charge is 2.33. The van der Waals surface area contributed by atoms with Crippen LogP contribution in [0, 0.1) is 48.7 Å². The van der Waals surface area contributed by atoms with Crippen LogP contribution < -0.4 is 0 Å². The first-order valence-electron chi connectivity index (χ1n) is 42.0. The number of carbonyl (C=O) groups is 8. The highest BCUT2D eigenvalue weighted by Crippen LogP contribution is 2.34. The normalized spacial score (nSPS) is 17.7. The quantitative estimate of drug-likeness (QED) is 0.0308. The van der Waals surface area contributed by atoms with Crippen molar-refractivity contribution < 1.29 is 38.4 Å². The number of nitrogens with one attached hydrogen (secondary N) is 11. The van der Waals surface area contributed by atoms with E-state index in [-0.39, 0.29) is 64.3 Å². The molecule has 7 heterocycles. The van der Waals surface area contributed by atoms with Crippen molar-refractivity contribution in [2.45, 2.75) is 128 Å². The minimum atomic E-state index is 0.0707. The number of hydrogen-bond acceptors (Lipinski definition) is 15. The molecule has 7 aromatic carbocycles. The third-order valence-electron chi connectivity index (χ3n) is 23.5. The van der Waals surface area contributed by atoms with Gasteiger partial charge in [-0.15, -0.1) is 0 Å². The first-order valence-corrected chi connectivity index (χ1v) is 43.6. The van der Waals surface area contributed by atoms with Crippen molar-refractivity contribution in [3.63, 3.8) is 0 Å². The van der Waals surface area contributed by atoms with E-state index >= 15 is 0 Å². The molecule has 0 spiro atoms. The van der Waals surface area contributed by atoms with Crippen LogP contribution >= 0.6 is 48.9 Å². The maximum Gasteiger partial charge on any atom is 0.189 e. The van der Waals surface area contributed by atoms with E-state index in [4.69, 9.17) is 48.9 Å². The topological polar surface area (TPSA) is 349 Å². The third kappa shape index (κ3) is 23.0. The standard InChI is InChI=1S/4C14H14N2OS.C14H14N2O.C14H12N2O.C10H10O.C4H4N2O/c4*17-13-10(7-11-8-15-14(18)16-11)6-5-9-3-1-2-4-12(9)13;2*17-14-11(7-12-8-15-9-16-12)6-5-10-3-1-2-4-13(10)14;11-10-7-3-5-8-4-1-2-6-9(8)10;7-2-4-1-5-3-6-4/h4*1-4,8,10H,5-7H2,(H2,15,16,18);1-4,8-9,11H,5-7H2,(H,15,16);1-4,7-9H,5-6H2,(H,15,16);1-2,4,6H,3,5,7H2;1-3H,(H,5,6)/b;;;;;11-7+;;/t2*10-;;;;;;/m10....../s1. The predicted molar refractivity (Wildman–Crippen MR) is 487 cm³/mol. The second kappa shape index (κ2) is 42.7. The molecule has 0 radical (unpaired) electrons. The van der Waals surface area contributed by atoms with Crippen LogP contribution in [0.3, 0.4) is 0 Å². The van der Waals surface area contributed by atoms with Crippen LogP contribution in [0.4, 0.5) is 0 Å². The number of aldehydes is 1. The molecule has 0 saturated heterocycles. The lowest BCUT2D eigenvalue weighted by Crippen LogP contribution is -2.24. The van der Waals surface area contributed by atoms with Crippen molar-refractivity contribution in [1.82, 2.24) is 69.8 Å². The molecule has 0 bridgehead atoms. The molecule has 124 heavy (non-hydrogen) atoms. The lowest BCUT2D eigenvalue weighted by molar-refractivity contribution is 0.0893. The number of aryl methyl sites for hydroxylation is 7. The van der Waals surface area contributed by atoms with Crippen molar-refractivity contribution in [1.29, 1.82) is 0 Å². The van der Waals surface area contributed by atoms with Gasteiger partial charge >= 0.3 is 0 Å². The van der Waals surface area contributed by atoms with Crippen molar-refractivity contribution in [2.24, 2.45) is 29.6 Å². The van der Waals surface area contributed by atoms with Crippen LogP contribution in [0.2, 0.25) is 0 Å². The average Bonchev–Trinajstić information content (AvgIpc) is 1.36. The Kier molecular flexibility index (Phi) is 30.1. The van der Waals surface area contributed by atoms with Crippen molar-refractivity contribution >= 4 is 102 Å². The van der Waals surface area contributed by atoms with E-state index in [1.807, 2.05) is 195 Å². The van der Waals surface area contributed by atoms with E-state index < -0.39 is 0 Å². The van der Waals surface area contributed by atoms with E-state index in [0.717, 1.165) is 213 Å². The molecular weight excluding hydrogens is 1630 g/mol. The molecule has 7 aliphatic carbocycles. The number of Topliss-reactive ketones (excluding diaryl/α,β-unsaturated/α-hetero) is 7. The number of allylic oxidation sites excluding steroid dienone is 1. The van der Waals surface area contributed by atoms with Gasteiger partial charge in [0, 0.05) is 140 Å². The Morgan fingerprint density at radius 1 is 0.298 bits per heavy atom. The first-order chi connectivity index (χ1) is 60.4. The van der Waals surface area contributed by atoms with Gasteiger partial charge in [-0.1, -0.05) is 170 Å². The van der Waals surface area contributed by atoms with Gasteiger partial charge < -0.3 is 54.8 Å². The van der Waals surface area contributed by atoms with E-state index in [9.17, 15) is 38.4 Å². The molecule has 7 aliphatic rings. The van der Waals surface area contributed by atoms with Gasteiger partial charge in [0.05, 0.1) is 42.8 Å². The summed E-state index contributed by atoms with van der Waals surface area (Å²) in [6.45, 7) is 0. The zero-order chi connectivity index (χ0) is 86.3. The van der Waals surface area contributed by atoms with Crippen LogP contribution in [-0.2, 0) is 77.0 Å². The summed E-state index contributed by atoms with van der Waals surface area (Å²) in [6, 6.07) is 55.3. The number of hydrogen-bond donors (Lipinski definition) is 11. The van der Waals surface area contributed by atoms with Crippen molar-refractivity contribution in [3.05, 3.63) is 375 Å². The third-order valence-corrected chi connectivity index (χ3v) is 24.3. The number of rotatable bonds is 12. The van der Waals surface area contributed by atoms with Gasteiger partial charge in [0.1, 0.15) is 0 Å². The largest absolute Gasteiger partial charge is 0.348 e. The minimum absolute atomic E-state index is 0.0707. The van der Waals surface area contributed by atoms with Gasteiger partial charge in [-0.05, 0) is 216 Å². The number of fused-ring (bicyclic) bond motifs is 7. The highest BCUT2D eigenvalue weighted by molar-refractivity contribution is 7.71. The second-order valence-electron chi connectivity index (χ2n) is 31.7. The molecule has 0 amide bonds. The fourth-order valence-electron chi connectivity index (χ4n) is 17.0. The molecule has 0 fully saturated rings. The molecule has 21 rings (SSSR count). The Hall–Kier alpha value is -13.0. The lowest BCUT2D eigenvalue weighted by Gasteiger charge is -2.22. The molecule has 3 unspecified atom stereocenters. The summed E-state index contributed by atoms with van der Waals surface area (Å²) in [7, 11) is 0. The van der Waals surface area contributed by atoms with Crippen molar-refractivity contribution in [2.75, 3.05) is 0 Å². The number of aromatic nitrogens is 14. The molecule has 26 heteroatoms. The van der Waals surface area contributed by atoms with Crippen LogP contribution in [0.5, 0.6) is 0 Å². The van der Waals surface area contributed by atoms with Crippen molar-refractivity contribution in [3.8, 4) is 0 Å². The Morgan fingerprint density at radius 2 is 0.589 bits per heavy atom. The summed E-state index contributed by atoms with van der Waals surface area (Å²) < 4.78 is 2.48. The molecule has 7 aromatic heterocycles. The van der Waals surface area contributed by atoms with Gasteiger partial charge in [-0.2, -0.15) is 0 Å². The Bertz CT molecular complexity index is 5900. The second-order valence-corrected chi connectivity index (χ2v) is 33.3. The summed E-state index contributed by atoms with van der Waals surface area (Å²) in [5, 5.41) is 0. The Morgan fingerprint density at radius 3 is 0.879 bits per heavy atom. The summed E-state index contributed by atoms with van der Waals surface area (Å²) in [6.07, 6.45) is 37.6. The van der Waals surface area contributed by atoms with Crippen LogP contribution in [-0.4, -0.2) is 117 Å². The SMILES string of the molecule is O=C1/C(=C/c2cnc[nH]2)CCc2ccccc21.O=C1CCCc2ccccc21.O=C1c2ccccc2CCC1Cc1c[nH]c(=S)[nH]1.O=C1c2ccccc2CCC1Cc1c[nH]c(=S)[nH]1.O=C1c2ccccc2CCC1Cc1cnc[nH]1.O=C1c2ccccc2CC[C@@H]1Cc1c[nH]c(=S)[nH]1.O=C1c2ccccc2CC[C@H]1Cc1c[nH]c(=S)[nH]1.O=Cc1cnc[nH]1. The van der Waals surface area contributed by atoms with Gasteiger partial charge in [0.15, 0.2) is 65.9 Å². The Labute approximate surface area is 737 Å².